The predicted molar refractivity (Wildman–Crippen MR) is 115 cm³/mol. The summed E-state index contributed by atoms with van der Waals surface area (Å²) in [5, 5.41) is 11.7. The van der Waals surface area contributed by atoms with E-state index in [0.29, 0.717) is 17.2 Å². The molecule has 5 nitrogen and oxygen atoms in total. The van der Waals surface area contributed by atoms with Gasteiger partial charge in [-0.25, -0.2) is 0 Å². The molecule has 0 N–H and O–H groups in total. The number of rotatable bonds is 6. The number of thioether (sulfide) groups is 1. The summed E-state index contributed by atoms with van der Waals surface area (Å²) in [7, 11) is 0. The molecule has 2 atom stereocenters. The Bertz CT molecular complexity index is 845. The number of carbonyl (C=O) groups excluding carboxylic acids is 1. The van der Waals surface area contributed by atoms with E-state index >= 15 is 0 Å². The standard InChI is InChI=1S/C21H30N4OS2/c1-5-24-17(9-16-7-6-8-27-16)22-23-19(24)28-12-18(26)25-14-21(4)11-15(25)10-20(2,3)13-21/h6-8,15H,5,9-14H2,1-4H3/t15-,21-/m1/s1. The number of aromatic nitrogens is 3. The number of nitrogens with zero attached hydrogens (tertiary/aromatic N) is 4. The molecule has 1 saturated carbocycles. The van der Waals surface area contributed by atoms with Gasteiger partial charge in [0.1, 0.15) is 5.82 Å². The minimum absolute atomic E-state index is 0.252. The zero-order valence-corrected chi connectivity index (χ0v) is 18.9. The number of carbonyl (C=O) groups is 1. The summed E-state index contributed by atoms with van der Waals surface area (Å²) in [5.74, 6) is 1.68. The van der Waals surface area contributed by atoms with Crippen molar-refractivity contribution in [2.75, 3.05) is 12.3 Å². The Balaban J connectivity index is 1.41. The fraction of sp³-hybridized carbons (Fsp3) is 0.667. The molecule has 2 fully saturated rings. The molecule has 1 amide bonds. The molecule has 0 unspecified atom stereocenters. The third-order valence-corrected chi connectivity index (χ3v) is 7.91. The van der Waals surface area contributed by atoms with Crippen molar-refractivity contribution in [1.82, 2.24) is 19.7 Å². The topological polar surface area (TPSA) is 51.0 Å². The summed E-state index contributed by atoms with van der Waals surface area (Å²) in [4.78, 5) is 16.5. The molecule has 0 radical (unpaired) electrons. The first-order valence-corrected chi connectivity index (χ1v) is 12.0. The summed E-state index contributed by atoms with van der Waals surface area (Å²) in [6, 6.07) is 4.60. The maximum Gasteiger partial charge on any atom is 0.233 e. The molecule has 0 spiro atoms. The van der Waals surface area contributed by atoms with Crippen LogP contribution in [0.1, 0.15) is 57.7 Å². The minimum Gasteiger partial charge on any atom is -0.338 e. The number of amides is 1. The lowest BCUT2D eigenvalue weighted by Gasteiger charge is -2.39. The zero-order chi connectivity index (χ0) is 19.9. The van der Waals surface area contributed by atoms with E-state index in [4.69, 9.17) is 0 Å². The largest absolute Gasteiger partial charge is 0.338 e. The van der Waals surface area contributed by atoms with Gasteiger partial charge in [-0.3, -0.25) is 4.79 Å². The fourth-order valence-corrected chi connectivity index (χ4v) is 7.01. The Labute approximate surface area is 175 Å². The van der Waals surface area contributed by atoms with Gasteiger partial charge in [0, 0.05) is 30.4 Å². The van der Waals surface area contributed by atoms with Crippen molar-refractivity contribution in [1.29, 1.82) is 0 Å². The van der Waals surface area contributed by atoms with Crippen LogP contribution in [0.15, 0.2) is 22.7 Å². The van der Waals surface area contributed by atoms with Crippen molar-refractivity contribution in [3.63, 3.8) is 0 Å². The monoisotopic (exact) mass is 418 g/mol. The van der Waals surface area contributed by atoms with E-state index in [0.717, 1.165) is 43.3 Å². The Morgan fingerprint density at radius 2 is 2.14 bits per heavy atom. The highest BCUT2D eigenvalue weighted by Crippen LogP contribution is 2.52. The molecule has 1 aliphatic carbocycles. The SMILES string of the molecule is CCn1c(Cc2cccs2)nnc1SCC(=O)N1C[C@]2(C)C[C@H]1CC(C)(C)C2. The number of thiophene rings is 1. The van der Waals surface area contributed by atoms with Crippen LogP contribution in [0, 0.1) is 10.8 Å². The molecule has 1 aliphatic heterocycles. The van der Waals surface area contributed by atoms with Crippen LogP contribution in [0.4, 0.5) is 0 Å². The van der Waals surface area contributed by atoms with Crippen LogP contribution >= 0.6 is 23.1 Å². The summed E-state index contributed by atoms with van der Waals surface area (Å²) in [6.45, 7) is 10.9. The van der Waals surface area contributed by atoms with Crippen LogP contribution in [0.25, 0.3) is 0 Å². The highest BCUT2D eigenvalue weighted by molar-refractivity contribution is 7.99. The molecule has 1 saturated heterocycles. The molecule has 2 bridgehead atoms. The second-order valence-electron chi connectivity index (χ2n) is 9.42. The lowest BCUT2D eigenvalue weighted by Crippen LogP contribution is -2.38. The molecule has 0 aromatic carbocycles. The molecule has 7 heteroatoms. The number of hydrogen-bond acceptors (Lipinski definition) is 5. The minimum atomic E-state index is 0.252. The van der Waals surface area contributed by atoms with E-state index in [2.05, 4.69) is 64.9 Å². The predicted octanol–water partition coefficient (Wildman–Crippen LogP) is 4.47. The third kappa shape index (κ3) is 4.01. The van der Waals surface area contributed by atoms with Gasteiger partial charge in [-0.15, -0.1) is 21.5 Å². The van der Waals surface area contributed by atoms with E-state index in [-0.39, 0.29) is 11.3 Å². The van der Waals surface area contributed by atoms with E-state index in [9.17, 15) is 4.79 Å². The summed E-state index contributed by atoms with van der Waals surface area (Å²) in [6.07, 6.45) is 4.29. The van der Waals surface area contributed by atoms with Crippen molar-refractivity contribution in [2.24, 2.45) is 10.8 Å². The van der Waals surface area contributed by atoms with Crippen LogP contribution in [0.3, 0.4) is 0 Å². The van der Waals surface area contributed by atoms with Crippen molar-refractivity contribution >= 4 is 29.0 Å². The summed E-state index contributed by atoms with van der Waals surface area (Å²) < 4.78 is 2.14. The van der Waals surface area contributed by atoms with Gasteiger partial charge in [0.05, 0.1) is 5.75 Å². The zero-order valence-electron chi connectivity index (χ0n) is 17.3. The number of hydrogen-bond donors (Lipinski definition) is 0. The molecular formula is C21H30N4OS2. The van der Waals surface area contributed by atoms with Crippen molar-refractivity contribution in [2.45, 2.75) is 71.1 Å². The number of fused-ring (bicyclic) bond motifs is 2. The average molecular weight is 419 g/mol. The average Bonchev–Trinajstić information content (AvgIpc) is 3.30. The van der Waals surface area contributed by atoms with E-state index in [1.54, 1.807) is 11.3 Å². The second-order valence-corrected chi connectivity index (χ2v) is 11.4. The summed E-state index contributed by atoms with van der Waals surface area (Å²) in [5.41, 5.74) is 0.614. The third-order valence-electron chi connectivity index (χ3n) is 6.08. The van der Waals surface area contributed by atoms with Crippen LogP contribution < -0.4 is 0 Å². The maximum atomic E-state index is 13.0. The Morgan fingerprint density at radius 3 is 2.86 bits per heavy atom. The van der Waals surface area contributed by atoms with Gasteiger partial charge in [0.15, 0.2) is 5.16 Å². The van der Waals surface area contributed by atoms with E-state index in [1.165, 1.54) is 23.1 Å². The number of likely N-dealkylation sites (tertiary alicyclic amines) is 1. The Hall–Kier alpha value is -1.34. The quantitative estimate of drug-likeness (QED) is 0.650. The van der Waals surface area contributed by atoms with Crippen molar-refractivity contribution < 1.29 is 4.79 Å². The molecular weight excluding hydrogens is 388 g/mol. The molecule has 3 heterocycles. The molecule has 152 valence electrons. The highest BCUT2D eigenvalue weighted by Gasteiger charge is 2.50. The van der Waals surface area contributed by atoms with Gasteiger partial charge in [-0.1, -0.05) is 38.6 Å². The summed E-state index contributed by atoms with van der Waals surface area (Å²) >= 11 is 3.28. The maximum absolute atomic E-state index is 13.0. The van der Waals surface area contributed by atoms with Crippen molar-refractivity contribution in [3.8, 4) is 0 Å². The smallest absolute Gasteiger partial charge is 0.233 e. The normalized spacial score (nSPS) is 26.0. The molecule has 2 aromatic rings. The highest BCUT2D eigenvalue weighted by atomic mass is 32.2. The lowest BCUT2D eigenvalue weighted by molar-refractivity contribution is -0.129. The van der Waals surface area contributed by atoms with Gasteiger partial charge in [-0.05, 0) is 48.5 Å². The first kappa shape index (κ1) is 20.0. The van der Waals surface area contributed by atoms with E-state index in [1.807, 2.05) is 0 Å². The van der Waals surface area contributed by atoms with Crippen molar-refractivity contribution in [3.05, 3.63) is 28.2 Å². The molecule has 2 aromatic heterocycles. The van der Waals surface area contributed by atoms with Gasteiger partial charge in [0.2, 0.25) is 5.91 Å². The van der Waals surface area contributed by atoms with Crippen LogP contribution in [0.2, 0.25) is 0 Å². The van der Waals surface area contributed by atoms with Gasteiger partial charge in [0.25, 0.3) is 0 Å². The van der Waals surface area contributed by atoms with Crippen LogP contribution in [-0.2, 0) is 17.8 Å². The first-order valence-electron chi connectivity index (χ1n) is 10.2. The van der Waals surface area contributed by atoms with Gasteiger partial charge in [-0.2, -0.15) is 0 Å². The first-order chi connectivity index (χ1) is 13.3. The Morgan fingerprint density at radius 1 is 1.32 bits per heavy atom. The Kier molecular flexibility index (Phi) is 5.33. The molecule has 4 rings (SSSR count). The molecule has 2 aliphatic rings. The lowest BCUT2D eigenvalue weighted by atomic mass is 9.65. The van der Waals surface area contributed by atoms with Crippen LogP contribution in [0.5, 0.6) is 0 Å². The fourth-order valence-electron chi connectivity index (χ4n) is 5.40. The van der Waals surface area contributed by atoms with E-state index < -0.39 is 0 Å². The van der Waals surface area contributed by atoms with Crippen LogP contribution in [-0.4, -0.2) is 43.9 Å². The van der Waals surface area contributed by atoms with Gasteiger partial charge >= 0.3 is 0 Å². The van der Waals surface area contributed by atoms with Gasteiger partial charge < -0.3 is 9.47 Å². The second kappa shape index (κ2) is 7.48. The molecule has 28 heavy (non-hydrogen) atoms.